The first-order chi connectivity index (χ1) is 8.33. The third kappa shape index (κ3) is 4.59. The van der Waals surface area contributed by atoms with Crippen molar-refractivity contribution in [3.63, 3.8) is 0 Å². The van der Waals surface area contributed by atoms with Crippen LogP contribution in [0.15, 0.2) is 0 Å². The highest BCUT2D eigenvalue weighted by Crippen LogP contribution is 2.22. The van der Waals surface area contributed by atoms with Crippen molar-refractivity contribution in [3.05, 3.63) is 10.6 Å². The molecule has 18 heavy (non-hydrogen) atoms. The maximum absolute atomic E-state index is 11.3. The fourth-order valence-electron chi connectivity index (χ4n) is 1.16. The molecular weight excluding hydrogens is 278 g/mol. The van der Waals surface area contributed by atoms with Crippen molar-refractivity contribution in [1.82, 2.24) is 9.71 Å². The predicted octanol–water partition coefficient (Wildman–Crippen LogP) is 0.199. The number of sulfonamides is 1. The Morgan fingerprint density at radius 3 is 2.67 bits per heavy atom. The van der Waals surface area contributed by atoms with Crippen molar-refractivity contribution < 1.29 is 17.9 Å². The van der Waals surface area contributed by atoms with Crippen LogP contribution >= 0.6 is 11.3 Å². The Balaban J connectivity index is 2.51. The average molecular weight is 293 g/mol. The fraction of sp³-hybridized carbons (Fsp3) is 0.556. The summed E-state index contributed by atoms with van der Waals surface area (Å²) < 4.78 is 28.6. The van der Waals surface area contributed by atoms with E-state index >= 15 is 0 Å². The third-order valence-corrected chi connectivity index (χ3v) is 3.60. The maximum atomic E-state index is 11.3. The third-order valence-electron chi connectivity index (χ3n) is 1.94. The molecule has 0 unspecified atom stereocenters. The van der Waals surface area contributed by atoms with Gasteiger partial charge in [-0.15, -0.1) is 11.3 Å². The first kappa shape index (κ1) is 14.9. The lowest BCUT2D eigenvalue weighted by atomic mass is 10.4. The molecular formula is C9H15N3O4S2. The number of nitrogens with one attached hydrogen (secondary N) is 2. The number of carbonyl (C=O) groups is 1. The Hall–Kier alpha value is -1.19. The normalized spacial score (nSPS) is 11.3. The molecule has 0 saturated heterocycles. The van der Waals surface area contributed by atoms with Crippen molar-refractivity contribution in [3.8, 4) is 0 Å². The molecule has 0 fully saturated rings. The van der Waals surface area contributed by atoms with Crippen LogP contribution in [0.2, 0.25) is 0 Å². The molecule has 0 aromatic carbocycles. The van der Waals surface area contributed by atoms with Crippen LogP contribution in [0.25, 0.3) is 0 Å². The first-order valence-electron chi connectivity index (χ1n) is 5.07. The number of ether oxygens (including phenoxy) is 1. The molecule has 0 radical (unpaired) electrons. The number of aryl methyl sites for hydroxylation is 1. The number of rotatable bonds is 6. The van der Waals surface area contributed by atoms with Gasteiger partial charge < -0.3 is 10.1 Å². The summed E-state index contributed by atoms with van der Waals surface area (Å²) >= 11 is 1.32. The van der Waals surface area contributed by atoms with Crippen LogP contribution in [0.3, 0.4) is 0 Å². The van der Waals surface area contributed by atoms with Crippen molar-refractivity contribution in [2.75, 3.05) is 31.8 Å². The van der Waals surface area contributed by atoms with Crippen LogP contribution in [-0.4, -0.2) is 45.8 Å². The summed E-state index contributed by atoms with van der Waals surface area (Å²) in [6.07, 6.45) is 1.09. The highest BCUT2D eigenvalue weighted by molar-refractivity contribution is 7.88. The number of esters is 1. The molecule has 0 aliphatic heterocycles. The van der Waals surface area contributed by atoms with Gasteiger partial charge in [0.2, 0.25) is 10.0 Å². The van der Waals surface area contributed by atoms with Gasteiger partial charge in [0.1, 0.15) is 0 Å². The van der Waals surface area contributed by atoms with Crippen LogP contribution in [0, 0.1) is 6.92 Å². The van der Waals surface area contributed by atoms with Crippen molar-refractivity contribution >= 4 is 32.5 Å². The summed E-state index contributed by atoms with van der Waals surface area (Å²) in [6, 6.07) is 0. The summed E-state index contributed by atoms with van der Waals surface area (Å²) in [5.74, 6) is -0.480. The van der Waals surface area contributed by atoms with Crippen LogP contribution < -0.4 is 10.0 Å². The van der Waals surface area contributed by atoms with E-state index in [9.17, 15) is 13.2 Å². The number of aromatic nitrogens is 1. The fourth-order valence-corrected chi connectivity index (χ4v) is 2.46. The van der Waals surface area contributed by atoms with Gasteiger partial charge in [-0.1, -0.05) is 0 Å². The molecule has 0 aliphatic rings. The van der Waals surface area contributed by atoms with Crippen LogP contribution in [-0.2, 0) is 14.8 Å². The average Bonchev–Trinajstić information content (AvgIpc) is 2.64. The Morgan fingerprint density at radius 1 is 1.44 bits per heavy atom. The molecule has 0 atom stereocenters. The summed E-state index contributed by atoms with van der Waals surface area (Å²) in [7, 11) is -1.88. The van der Waals surface area contributed by atoms with Crippen molar-refractivity contribution in [2.45, 2.75) is 6.92 Å². The SMILES string of the molecule is COC(=O)c1nc(NCCNS(C)(=O)=O)sc1C. The highest BCUT2D eigenvalue weighted by atomic mass is 32.2. The topological polar surface area (TPSA) is 97.4 Å². The van der Waals surface area contributed by atoms with Crippen molar-refractivity contribution in [2.24, 2.45) is 0 Å². The van der Waals surface area contributed by atoms with Gasteiger partial charge in [0.15, 0.2) is 10.8 Å². The number of methoxy groups -OCH3 is 1. The molecule has 7 nitrogen and oxygen atoms in total. The molecule has 1 aromatic heterocycles. The van der Waals surface area contributed by atoms with E-state index in [0.717, 1.165) is 11.1 Å². The van der Waals surface area contributed by atoms with Gasteiger partial charge >= 0.3 is 5.97 Å². The molecule has 1 heterocycles. The van der Waals surface area contributed by atoms with E-state index in [2.05, 4.69) is 19.8 Å². The molecule has 1 aromatic rings. The van der Waals surface area contributed by atoms with Crippen molar-refractivity contribution in [1.29, 1.82) is 0 Å². The summed E-state index contributed by atoms with van der Waals surface area (Å²) in [5, 5.41) is 3.49. The molecule has 2 N–H and O–H groups in total. The Bertz CT molecular complexity index is 524. The lowest BCUT2D eigenvalue weighted by molar-refractivity contribution is 0.0594. The lowest BCUT2D eigenvalue weighted by Gasteiger charge is -2.02. The monoisotopic (exact) mass is 293 g/mol. The molecule has 0 bridgehead atoms. The minimum absolute atomic E-state index is 0.255. The highest BCUT2D eigenvalue weighted by Gasteiger charge is 2.15. The van der Waals surface area contributed by atoms with E-state index in [1.165, 1.54) is 18.4 Å². The van der Waals surface area contributed by atoms with Gasteiger partial charge in [0, 0.05) is 18.0 Å². The second-order valence-corrected chi connectivity index (χ2v) is 6.54. The van der Waals surface area contributed by atoms with Gasteiger partial charge in [-0.05, 0) is 6.92 Å². The van der Waals surface area contributed by atoms with E-state index in [-0.39, 0.29) is 12.2 Å². The summed E-state index contributed by atoms with van der Waals surface area (Å²) in [4.78, 5) is 16.1. The lowest BCUT2D eigenvalue weighted by Crippen LogP contribution is -2.27. The quantitative estimate of drug-likeness (QED) is 0.574. The zero-order chi connectivity index (χ0) is 13.8. The molecule has 0 amide bonds. The standard InChI is InChI=1S/C9H15N3O4S2/c1-6-7(8(13)16-2)12-9(17-6)10-4-5-11-18(3,14)15/h11H,4-5H2,1-3H3,(H,10,12). The number of nitrogens with zero attached hydrogens (tertiary/aromatic N) is 1. The molecule has 9 heteroatoms. The number of anilines is 1. The number of carbonyl (C=O) groups excluding carboxylic acids is 1. The Labute approximate surface area is 110 Å². The van der Waals surface area contributed by atoms with E-state index < -0.39 is 16.0 Å². The smallest absolute Gasteiger partial charge is 0.357 e. The van der Waals surface area contributed by atoms with Gasteiger partial charge in [-0.25, -0.2) is 22.9 Å². The molecule has 0 saturated carbocycles. The zero-order valence-electron chi connectivity index (χ0n) is 10.3. The minimum atomic E-state index is -3.18. The zero-order valence-corrected chi connectivity index (χ0v) is 11.9. The van der Waals surface area contributed by atoms with Gasteiger partial charge in [0.25, 0.3) is 0 Å². The minimum Gasteiger partial charge on any atom is -0.464 e. The summed E-state index contributed by atoms with van der Waals surface area (Å²) in [5.41, 5.74) is 0.279. The number of hydrogen-bond acceptors (Lipinski definition) is 7. The molecule has 0 aliphatic carbocycles. The summed E-state index contributed by atoms with van der Waals surface area (Å²) in [6.45, 7) is 2.41. The van der Waals surface area contributed by atoms with Gasteiger partial charge in [0.05, 0.1) is 13.4 Å². The largest absolute Gasteiger partial charge is 0.464 e. The maximum Gasteiger partial charge on any atom is 0.357 e. The first-order valence-corrected chi connectivity index (χ1v) is 7.78. The number of thiazole rings is 1. The van der Waals surface area contributed by atoms with Gasteiger partial charge in [-0.2, -0.15) is 0 Å². The Morgan fingerprint density at radius 2 is 2.11 bits per heavy atom. The van der Waals surface area contributed by atoms with E-state index in [1.54, 1.807) is 6.92 Å². The molecule has 0 spiro atoms. The van der Waals surface area contributed by atoms with Crippen LogP contribution in [0.5, 0.6) is 0 Å². The van der Waals surface area contributed by atoms with E-state index in [4.69, 9.17) is 0 Å². The van der Waals surface area contributed by atoms with E-state index in [1.807, 2.05) is 0 Å². The molecule has 102 valence electrons. The second-order valence-electron chi connectivity index (χ2n) is 3.51. The Kier molecular flexibility index (Phi) is 5.05. The van der Waals surface area contributed by atoms with E-state index in [0.29, 0.717) is 11.7 Å². The number of hydrogen-bond donors (Lipinski definition) is 2. The predicted molar refractivity (Wildman–Crippen MR) is 69.5 cm³/mol. The second kappa shape index (κ2) is 6.12. The van der Waals surface area contributed by atoms with Crippen LogP contribution in [0.1, 0.15) is 15.4 Å². The van der Waals surface area contributed by atoms with Crippen LogP contribution in [0.4, 0.5) is 5.13 Å². The molecule has 1 rings (SSSR count). The van der Waals surface area contributed by atoms with Gasteiger partial charge in [-0.3, -0.25) is 0 Å².